The van der Waals surface area contributed by atoms with Crippen molar-refractivity contribution in [1.29, 1.82) is 0 Å². The van der Waals surface area contributed by atoms with E-state index in [1.165, 1.54) is 11.8 Å². The lowest BCUT2D eigenvalue weighted by Gasteiger charge is -2.18. The van der Waals surface area contributed by atoms with Gasteiger partial charge in [0.05, 0.1) is 9.79 Å². The average Bonchev–Trinajstić information content (AvgIpc) is 3.08. The predicted octanol–water partition coefficient (Wildman–Crippen LogP) is 9.80. The van der Waals surface area contributed by atoms with Crippen LogP contribution in [0, 0.1) is 0 Å². The van der Waals surface area contributed by atoms with E-state index in [1.807, 2.05) is 12.1 Å². The Bertz CT molecular complexity index is 1890. The molecule has 6 aromatic carbocycles. The van der Waals surface area contributed by atoms with Crippen molar-refractivity contribution in [2.75, 3.05) is 10.6 Å². The Labute approximate surface area is 275 Å². The molecule has 0 saturated carbocycles. The van der Waals surface area contributed by atoms with Gasteiger partial charge in [0, 0.05) is 33.6 Å². The monoisotopic (exact) mass is 640 g/mol. The van der Waals surface area contributed by atoms with Gasteiger partial charge in [0.2, 0.25) is 0 Å². The second kappa shape index (κ2) is 14.3. The Kier molecular flexibility index (Phi) is 9.36. The Hall–Kier alpha value is -6.19. The van der Waals surface area contributed by atoms with Crippen LogP contribution in [0.3, 0.4) is 0 Å². The minimum absolute atomic E-state index is 0.00567. The quantitative estimate of drug-likeness (QED) is 0.131. The highest BCUT2D eigenvalue weighted by Gasteiger charge is 2.23. The molecule has 0 unspecified atom stereocenters. The van der Waals surface area contributed by atoms with E-state index in [-0.39, 0.29) is 23.0 Å². The zero-order chi connectivity index (χ0) is 32.6. The van der Waals surface area contributed by atoms with Crippen LogP contribution in [-0.4, -0.2) is 22.4 Å². The summed E-state index contributed by atoms with van der Waals surface area (Å²) < 4.78 is 11.9. The molecule has 6 aromatic rings. The molecular formula is C38H28N2O6S. The number of anilines is 2. The van der Waals surface area contributed by atoms with Crippen LogP contribution in [0.15, 0.2) is 155 Å². The summed E-state index contributed by atoms with van der Waals surface area (Å²) in [5, 5.41) is 26.9. The summed E-state index contributed by atoms with van der Waals surface area (Å²) in [7, 11) is 0. The molecule has 8 nitrogen and oxygen atoms in total. The molecular weight excluding hydrogens is 612 g/mol. The summed E-state index contributed by atoms with van der Waals surface area (Å²) in [4.78, 5) is 27.4. The normalized spacial score (nSPS) is 10.6. The van der Waals surface area contributed by atoms with Crippen molar-refractivity contribution >= 4 is 35.3 Å². The third-order valence-electron chi connectivity index (χ3n) is 7.00. The molecule has 0 aliphatic carbocycles. The van der Waals surface area contributed by atoms with Crippen LogP contribution in [0.5, 0.6) is 23.0 Å². The third kappa shape index (κ3) is 7.38. The van der Waals surface area contributed by atoms with Crippen LogP contribution in [-0.2, 0) is 0 Å². The molecule has 0 radical (unpaired) electrons. The number of rotatable bonds is 8. The predicted molar refractivity (Wildman–Crippen MR) is 183 cm³/mol. The standard InChI is InChI=1S/C38H28N2O6S/c41-31-21-9-7-17-27(31)29-19-11-23-33(35(29)45-37(43)39-25-13-3-1-4-14-25)47-34-24-12-20-30(28-18-8-10-22-32(28)42)36(34)46-38(44)40-26-15-5-2-6-16-26/h1-24,41-42H,(H,39,43)(H,40,44). The molecule has 0 aliphatic rings. The zero-order valence-corrected chi connectivity index (χ0v) is 25.6. The number of hydrogen-bond acceptors (Lipinski definition) is 7. The van der Waals surface area contributed by atoms with Gasteiger partial charge in [-0.05, 0) is 48.5 Å². The van der Waals surface area contributed by atoms with E-state index in [9.17, 15) is 19.8 Å². The average molecular weight is 641 g/mol. The van der Waals surface area contributed by atoms with Gasteiger partial charge in [0.1, 0.15) is 11.5 Å². The molecule has 6 rings (SSSR count). The maximum atomic E-state index is 13.2. The summed E-state index contributed by atoms with van der Waals surface area (Å²) >= 11 is 1.19. The SMILES string of the molecule is O=C(Nc1ccccc1)Oc1c(Sc2cccc(-c3ccccc3O)c2OC(=O)Nc2ccccc2)cccc1-c1ccccc1O. The molecule has 4 N–H and O–H groups in total. The summed E-state index contributed by atoms with van der Waals surface area (Å²) in [6.07, 6.45) is -1.47. The maximum absolute atomic E-state index is 13.2. The van der Waals surface area contributed by atoms with Gasteiger partial charge in [-0.25, -0.2) is 9.59 Å². The highest BCUT2D eigenvalue weighted by Crippen LogP contribution is 2.48. The van der Waals surface area contributed by atoms with Gasteiger partial charge in [-0.3, -0.25) is 10.6 Å². The molecule has 0 atom stereocenters. The molecule has 0 bridgehead atoms. The molecule has 0 aromatic heterocycles. The highest BCUT2D eigenvalue weighted by molar-refractivity contribution is 7.99. The number of carbonyl (C=O) groups is 2. The number of carbonyl (C=O) groups excluding carboxylic acids is 2. The van der Waals surface area contributed by atoms with E-state index in [2.05, 4.69) is 10.6 Å². The topological polar surface area (TPSA) is 117 Å². The van der Waals surface area contributed by atoms with Crippen molar-refractivity contribution in [1.82, 2.24) is 0 Å². The van der Waals surface area contributed by atoms with Crippen molar-refractivity contribution in [3.8, 4) is 45.3 Å². The molecule has 0 heterocycles. The van der Waals surface area contributed by atoms with Crippen LogP contribution in [0.1, 0.15) is 0 Å². The Morgan fingerprint density at radius 1 is 0.447 bits per heavy atom. The number of phenols is 2. The minimum atomic E-state index is -0.734. The van der Waals surface area contributed by atoms with Crippen molar-refractivity contribution < 1.29 is 29.3 Å². The van der Waals surface area contributed by atoms with Crippen LogP contribution < -0.4 is 20.1 Å². The van der Waals surface area contributed by atoms with Crippen LogP contribution in [0.25, 0.3) is 22.3 Å². The second-order valence-corrected chi connectivity index (χ2v) is 11.2. The molecule has 47 heavy (non-hydrogen) atoms. The third-order valence-corrected chi connectivity index (χ3v) is 8.08. The summed E-state index contributed by atoms with van der Waals surface area (Å²) in [5.41, 5.74) is 2.94. The largest absolute Gasteiger partial charge is 0.507 e. The first kappa shape index (κ1) is 30.8. The van der Waals surface area contributed by atoms with E-state index in [0.717, 1.165) is 0 Å². The Morgan fingerprint density at radius 3 is 1.21 bits per heavy atom. The summed E-state index contributed by atoms with van der Waals surface area (Å²) in [5.74, 6) is 0.373. The van der Waals surface area contributed by atoms with Crippen molar-refractivity contribution in [3.05, 3.63) is 146 Å². The molecule has 9 heteroatoms. The lowest BCUT2D eigenvalue weighted by molar-refractivity contribution is 0.213. The lowest BCUT2D eigenvalue weighted by Crippen LogP contribution is -2.18. The van der Waals surface area contributed by atoms with Crippen LogP contribution in [0.2, 0.25) is 0 Å². The van der Waals surface area contributed by atoms with Crippen molar-refractivity contribution in [3.63, 3.8) is 0 Å². The zero-order valence-electron chi connectivity index (χ0n) is 24.8. The van der Waals surface area contributed by atoms with Crippen LogP contribution in [0.4, 0.5) is 21.0 Å². The van der Waals surface area contributed by atoms with E-state index in [4.69, 9.17) is 9.47 Å². The van der Waals surface area contributed by atoms with E-state index in [1.54, 1.807) is 133 Å². The molecule has 0 saturated heterocycles. The van der Waals surface area contributed by atoms with Gasteiger partial charge in [-0.2, -0.15) is 0 Å². The fourth-order valence-corrected chi connectivity index (χ4v) is 5.88. The molecule has 0 spiro atoms. The first-order chi connectivity index (χ1) is 23.0. The van der Waals surface area contributed by atoms with Crippen molar-refractivity contribution in [2.24, 2.45) is 0 Å². The lowest BCUT2D eigenvalue weighted by atomic mass is 10.0. The number of aromatic hydroxyl groups is 2. The first-order valence-corrected chi connectivity index (χ1v) is 15.4. The Balaban J connectivity index is 1.43. The minimum Gasteiger partial charge on any atom is -0.507 e. The van der Waals surface area contributed by atoms with Gasteiger partial charge in [0.15, 0.2) is 11.5 Å². The van der Waals surface area contributed by atoms with E-state index >= 15 is 0 Å². The van der Waals surface area contributed by atoms with E-state index in [0.29, 0.717) is 43.4 Å². The number of phenolic OH excluding ortho intramolecular Hbond substituents is 2. The number of benzene rings is 6. The number of ether oxygens (including phenoxy) is 2. The number of para-hydroxylation sites is 6. The summed E-state index contributed by atoms with van der Waals surface area (Å²) in [6.45, 7) is 0. The molecule has 2 amide bonds. The van der Waals surface area contributed by atoms with Gasteiger partial charge < -0.3 is 19.7 Å². The Morgan fingerprint density at radius 2 is 0.809 bits per heavy atom. The van der Waals surface area contributed by atoms with Gasteiger partial charge in [-0.15, -0.1) is 0 Å². The molecule has 0 aliphatic heterocycles. The van der Waals surface area contributed by atoms with Crippen molar-refractivity contribution in [2.45, 2.75) is 9.79 Å². The van der Waals surface area contributed by atoms with Gasteiger partial charge in [0.25, 0.3) is 0 Å². The fourth-order valence-electron chi connectivity index (χ4n) is 4.86. The fraction of sp³-hybridized carbons (Fsp3) is 0. The van der Waals surface area contributed by atoms with Gasteiger partial charge >= 0.3 is 12.2 Å². The number of amides is 2. The van der Waals surface area contributed by atoms with Crippen LogP contribution >= 0.6 is 11.8 Å². The number of hydrogen-bond donors (Lipinski definition) is 4. The first-order valence-electron chi connectivity index (χ1n) is 14.5. The maximum Gasteiger partial charge on any atom is 0.417 e. The second-order valence-electron chi connectivity index (χ2n) is 10.2. The highest BCUT2D eigenvalue weighted by atomic mass is 32.2. The van der Waals surface area contributed by atoms with E-state index < -0.39 is 12.2 Å². The molecule has 232 valence electrons. The smallest absolute Gasteiger partial charge is 0.417 e. The summed E-state index contributed by atoms with van der Waals surface area (Å²) in [6, 6.07) is 41.9. The number of nitrogens with one attached hydrogen (secondary N) is 2. The van der Waals surface area contributed by atoms with Gasteiger partial charge in [-0.1, -0.05) is 109 Å². The molecule has 0 fully saturated rings.